The largest absolute Gasteiger partial charge is 0.497 e. The maximum absolute atomic E-state index is 11.9. The lowest BCUT2D eigenvalue weighted by Crippen LogP contribution is -2.46. The molecule has 1 saturated heterocycles. The summed E-state index contributed by atoms with van der Waals surface area (Å²) in [5.74, 6) is 1.67. The molecule has 1 N–H and O–H groups in total. The number of fused-ring (bicyclic) bond motifs is 1. The third-order valence-corrected chi connectivity index (χ3v) is 5.19. The molecule has 0 aliphatic carbocycles. The van der Waals surface area contributed by atoms with Gasteiger partial charge < -0.3 is 19.7 Å². The summed E-state index contributed by atoms with van der Waals surface area (Å²) in [6.45, 7) is 4.61. The van der Waals surface area contributed by atoms with Crippen molar-refractivity contribution in [2.24, 2.45) is 10.9 Å². The smallest absolute Gasteiger partial charge is 0.309 e. The first kappa shape index (κ1) is 20.0. The predicted molar refractivity (Wildman–Crippen MR) is 112 cm³/mol. The van der Waals surface area contributed by atoms with Crippen molar-refractivity contribution >= 4 is 22.7 Å². The van der Waals surface area contributed by atoms with Crippen molar-refractivity contribution < 1.29 is 14.3 Å². The fourth-order valence-electron chi connectivity index (χ4n) is 3.61. The van der Waals surface area contributed by atoms with Gasteiger partial charge in [-0.2, -0.15) is 0 Å². The monoisotopic (exact) mass is 383 g/mol. The van der Waals surface area contributed by atoms with E-state index in [9.17, 15) is 4.79 Å². The van der Waals surface area contributed by atoms with Gasteiger partial charge in [0.2, 0.25) is 0 Å². The SMILES string of the molecule is CCOC(=O)C1CCN(C(=NC)NCc2ccc3cc(OC)ccc3c2)CC1. The minimum absolute atomic E-state index is 0.00628. The Hall–Kier alpha value is -2.76. The standard InChI is InChI=1S/C22H29N3O3/c1-4-28-21(26)17-9-11-25(12-10-17)22(23-2)24-15-16-5-6-19-14-20(27-3)8-7-18(19)13-16/h5-8,13-14,17H,4,9-12,15H2,1-3H3,(H,23,24). The minimum atomic E-state index is -0.0714. The maximum atomic E-state index is 11.9. The molecular weight excluding hydrogens is 354 g/mol. The van der Waals surface area contributed by atoms with Crippen LogP contribution in [-0.2, 0) is 16.1 Å². The third-order valence-electron chi connectivity index (χ3n) is 5.19. The summed E-state index contributed by atoms with van der Waals surface area (Å²) in [7, 11) is 3.48. The second-order valence-electron chi connectivity index (χ2n) is 6.96. The van der Waals surface area contributed by atoms with Crippen LogP contribution < -0.4 is 10.1 Å². The van der Waals surface area contributed by atoms with Gasteiger partial charge in [0.1, 0.15) is 5.75 Å². The van der Waals surface area contributed by atoms with Crippen LogP contribution in [0.1, 0.15) is 25.3 Å². The van der Waals surface area contributed by atoms with E-state index in [1.807, 2.05) is 19.1 Å². The second kappa shape index (κ2) is 9.44. The zero-order chi connectivity index (χ0) is 19.9. The molecule has 2 aromatic carbocycles. The Labute approximate surface area is 166 Å². The summed E-state index contributed by atoms with van der Waals surface area (Å²) in [5, 5.41) is 5.79. The number of rotatable bonds is 5. The lowest BCUT2D eigenvalue weighted by molar-refractivity contribution is -0.149. The minimum Gasteiger partial charge on any atom is -0.497 e. The van der Waals surface area contributed by atoms with Gasteiger partial charge in [-0.25, -0.2) is 0 Å². The van der Waals surface area contributed by atoms with Crippen molar-refractivity contribution in [3.05, 3.63) is 42.0 Å². The van der Waals surface area contributed by atoms with Crippen LogP contribution in [0.2, 0.25) is 0 Å². The highest BCUT2D eigenvalue weighted by molar-refractivity contribution is 5.85. The van der Waals surface area contributed by atoms with Gasteiger partial charge in [-0.15, -0.1) is 0 Å². The zero-order valence-corrected chi connectivity index (χ0v) is 16.9. The van der Waals surface area contributed by atoms with Gasteiger partial charge in [0.25, 0.3) is 0 Å². The summed E-state index contributed by atoms with van der Waals surface area (Å²) in [4.78, 5) is 18.5. The molecule has 1 aliphatic rings. The molecule has 0 unspecified atom stereocenters. The van der Waals surface area contributed by atoms with Crippen molar-refractivity contribution in [2.75, 3.05) is 33.9 Å². The normalized spacial score (nSPS) is 15.5. The quantitative estimate of drug-likeness (QED) is 0.488. The molecule has 150 valence electrons. The molecule has 1 heterocycles. The van der Waals surface area contributed by atoms with Crippen LogP contribution >= 0.6 is 0 Å². The molecule has 6 nitrogen and oxygen atoms in total. The fraction of sp³-hybridized carbons (Fsp3) is 0.455. The van der Waals surface area contributed by atoms with Gasteiger partial charge in [0.15, 0.2) is 5.96 Å². The number of esters is 1. The highest BCUT2D eigenvalue weighted by Crippen LogP contribution is 2.22. The van der Waals surface area contributed by atoms with Gasteiger partial charge in [-0.3, -0.25) is 9.79 Å². The van der Waals surface area contributed by atoms with Crippen molar-refractivity contribution in [1.29, 1.82) is 0 Å². The van der Waals surface area contributed by atoms with Gasteiger partial charge in [-0.05, 0) is 54.3 Å². The number of piperidine rings is 1. The molecule has 0 saturated carbocycles. The number of hydrogen-bond acceptors (Lipinski definition) is 4. The van der Waals surface area contributed by atoms with E-state index in [1.165, 1.54) is 10.9 Å². The van der Waals surface area contributed by atoms with E-state index in [2.05, 4.69) is 39.5 Å². The number of ether oxygens (including phenoxy) is 2. The zero-order valence-electron chi connectivity index (χ0n) is 16.9. The molecule has 0 atom stereocenters. The van der Waals surface area contributed by atoms with Crippen molar-refractivity contribution in [1.82, 2.24) is 10.2 Å². The molecule has 6 heteroatoms. The number of nitrogens with zero attached hydrogens (tertiary/aromatic N) is 2. The number of likely N-dealkylation sites (tertiary alicyclic amines) is 1. The first-order chi connectivity index (χ1) is 13.6. The number of carbonyl (C=O) groups excluding carboxylic acids is 1. The number of methoxy groups -OCH3 is 1. The van der Waals surface area contributed by atoms with Gasteiger partial charge in [0, 0.05) is 26.7 Å². The number of guanidine groups is 1. The fourth-order valence-corrected chi connectivity index (χ4v) is 3.61. The summed E-state index contributed by atoms with van der Waals surface area (Å²) in [5.41, 5.74) is 1.19. The van der Waals surface area contributed by atoms with Crippen molar-refractivity contribution in [3.63, 3.8) is 0 Å². The van der Waals surface area contributed by atoms with Crippen LogP contribution in [-0.4, -0.2) is 50.7 Å². The summed E-state index contributed by atoms with van der Waals surface area (Å²) < 4.78 is 10.4. The summed E-state index contributed by atoms with van der Waals surface area (Å²) in [6, 6.07) is 12.5. The Balaban J connectivity index is 1.57. The van der Waals surface area contributed by atoms with E-state index in [1.54, 1.807) is 14.2 Å². The molecule has 3 rings (SSSR count). The Morgan fingerprint density at radius 3 is 2.57 bits per heavy atom. The molecular formula is C22H29N3O3. The van der Waals surface area contributed by atoms with Crippen LogP contribution in [0.25, 0.3) is 10.8 Å². The van der Waals surface area contributed by atoms with E-state index >= 15 is 0 Å². The van der Waals surface area contributed by atoms with Crippen LogP contribution in [0.3, 0.4) is 0 Å². The summed E-state index contributed by atoms with van der Waals surface area (Å²) >= 11 is 0. The van der Waals surface area contributed by atoms with Gasteiger partial charge in [0.05, 0.1) is 19.6 Å². The van der Waals surface area contributed by atoms with Crippen LogP contribution in [0, 0.1) is 5.92 Å². The van der Waals surface area contributed by atoms with Crippen molar-refractivity contribution in [3.8, 4) is 5.75 Å². The molecule has 1 aliphatic heterocycles. The number of carbonyl (C=O) groups is 1. The molecule has 0 amide bonds. The van der Waals surface area contributed by atoms with Crippen LogP contribution in [0.4, 0.5) is 0 Å². The molecule has 0 aromatic heterocycles. The molecule has 1 fully saturated rings. The Bertz CT molecular complexity index is 842. The van der Waals surface area contributed by atoms with E-state index < -0.39 is 0 Å². The first-order valence-corrected chi connectivity index (χ1v) is 9.83. The topological polar surface area (TPSA) is 63.2 Å². The lowest BCUT2D eigenvalue weighted by Gasteiger charge is -2.33. The Kier molecular flexibility index (Phi) is 6.74. The molecule has 0 radical (unpaired) electrons. The predicted octanol–water partition coefficient (Wildman–Crippen LogP) is 3.20. The number of aliphatic imine (C=N–C) groups is 1. The third kappa shape index (κ3) is 4.74. The van der Waals surface area contributed by atoms with E-state index in [-0.39, 0.29) is 11.9 Å². The molecule has 0 spiro atoms. The van der Waals surface area contributed by atoms with Crippen molar-refractivity contribution in [2.45, 2.75) is 26.3 Å². The lowest BCUT2D eigenvalue weighted by atomic mass is 9.97. The number of nitrogens with one attached hydrogen (secondary N) is 1. The highest BCUT2D eigenvalue weighted by Gasteiger charge is 2.27. The van der Waals surface area contributed by atoms with Crippen LogP contribution in [0.5, 0.6) is 5.75 Å². The molecule has 2 aromatic rings. The number of benzene rings is 2. The van der Waals surface area contributed by atoms with Gasteiger partial charge in [-0.1, -0.05) is 18.2 Å². The molecule has 0 bridgehead atoms. The second-order valence-corrected chi connectivity index (χ2v) is 6.96. The van der Waals surface area contributed by atoms with E-state index in [0.717, 1.165) is 43.0 Å². The Morgan fingerprint density at radius 1 is 1.18 bits per heavy atom. The number of hydrogen-bond donors (Lipinski definition) is 1. The van der Waals surface area contributed by atoms with E-state index in [0.29, 0.717) is 13.2 Å². The highest BCUT2D eigenvalue weighted by atomic mass is 16.5. The average Bonchev–Trinajstić information content (AvgIpc) is 2.74. The molecule has 28 heavy (non-hydrogen) atoms. The first-order valence-electron chi connectivity index (χ1n) is 9.83. The van der Waals surface area contributed by atoms with E-state index in [4.69, 9.17) is 9.47 Å². The maximum Gasteiger partial charge on any atom is 0.309 e. The van der Waals surface area contributed by atoms with Gasteiger partial charge >= 0.3 is 5.97 Å². The van der Waals surface area contributed by atoms with Crippen LogP contribution in [0.15, 0.2) is 41.4 Å². The average molecular weight is 383 g/mol. The summed E-state index contributed by atoms with van der Waals surface area (Å²) in [6.07, 6.45) is 1.61. The Morgan fingerprint density at radius 2 is 1.89 bits per heavy atom.